The molecule has 2 heterocycles. The van der Waals surface area contributed by atoms with Gasteiger partial charge in [-0.1, -0.05) is 30.3 Å². The molecule has 0 saturated carbocycles. The van der Waals surface area contributed by atoms with Crippen LogP contribution in [0.1, 0.15) is 18.4 Å². The molecule has 0 radical (unpaired) electrons. The van der Waals surface area contributed by atoms with Crippen molar-refractivity contribution >= 4 is 34.2 Å². The molecule has 1 saturated heterocycles. The number of anilines is 2. The van der Waals surface area contributed by atoms with Crippen LogP contribution in [0.2, 0.25) is 0 Å². The molecule has 1 fully saturated rings. The first kappa shape index (κ1) is 20.7. The van der Waals surface area contributed by atoms with Crippen molar-refractivity contribution in [2.24, 2.45) is 11.7 Å². The fourth-order valence-corrected chi connectivity index (χ4v) is 3.84. The Labute approximate surface area is 181 Å². The number of hydrogen-bond acceptors (Lipinski definition) is 5. The van der Waals surface area contributed by atoms with Gasteiger partial charge < -0.3 is 20.7 Å². The number of para-hydroxylation sites is 2. The van der Waals surface area contributed by atoms with Gasteiger partial charge in [-0.25, -0.2) is 4.98 Å². The molecular weight excluding hydrogens is 392 g/mol. The minimum Gasteiger partial charge on any atom is -0.481 e. The number of ether oxygens (including phenoxy) is 1. The van der Waals surface area contributed by atoms with Crippen molar-refractivity contribution in [3.05, 3.63) is 60.2 Å². The molecule has 7 heteroatoms. The summed E-state index contributed by atoms with van der Waals surface area (Å²) < 4.78 is 5.83. The summed E-state index contributed by atoms with van der Waals surface area (Å²) in [7, 11) is 0. The largest absolute Gasteiger partial charge is 0.481 e. The number of benzene rings is 2. The predicted octanol–water partition coefficient (Wildman–Crippen LogP) is 3.26. The summed E-state index contributed by atoms with van der Waals surface area (Å²) in [5.74, 6) is 0.867. The molecule has 1 aliphatic heterocycles. The third kappa shape index (κ3) is 4.77. The van der Waals surface area contributed by atoms with E-state index >= 15 is 0 Å². The van der Waals surface area contributed by atoms with Crippen molar-refractivity contribution < 1.29 is 14.3 Å². The van der Waals surface area contributed by atoms with Crippen LogP contribution < -0.4 is 20.7 Å². The van der Waals surface area contributed by atoms with Crippen LogP contribution in [0.4, 0.5) is 11.5 Å². The van der Waals surface area contributed by atoms with Crippen LogP contribution in [-0.4, -0.2) is 36.5 Å². The third-order valence-corrected chi connectivity index (χ3v) is 5.67. The summed E-state index contributed by atoms with van der Waals surface area (Å²) >= 11 is 0. The number of primary amides is 1. The molecule has 2 amide bonds. The van der Waals surface area contributed by atoms with Gasteiger partial charge >= 0.3 is 0 Å². The summed E-state index contributed by atoms with van der Waals surface area (Å²) in [4.78, 5) is 30.7. The molecule has 0 aliphatic carbocycles. The number of nitrogens with two attached hydrogens (primary N) is 1. The highest BCUT2D eigenvalue weighted by atomic mass is 16.5. The average molecular weight is 418 g/mol. The molecule has 31 heavy (non-hydrogen) atoms. The number of aryl methyl sites for hydroxylation is 1. The predicted molar refractivity (Wildman–Crippen MR) is 121 cm³/mol. The minimum absolute atomic E-state index is 0.0673. The second-order valence-electron chi connectivity index (χ2n) is 7.81. The molecule has 4 rings (SSSR count). The fraction of sp³-hybridized carbons (Fsp3) is 0.292. The van der Waals surface area contributed by atoms with Gasteiger partial charge in [0.1, 0.15) is 17.1 Å². The number of carbonyl (C=O) groups is 2. The average Bonchev–Trinajstić information content (AvgIpc) is 2.79. The molecule has 160 valence electrons. The van der Waals surface area contributed by atoms with Crippen molar-refractivity contribution in [2.75, 3.05) is 29.9 Å². The normalized spacial score (nSPS) is 14.4. The number of hydrogen-bond donors (Lipinski definition) is 2. The minimum atomic E-state index is -0.231. The summed E-state index contributed by atoms with van der Waals surface area (Å²) in [6.45, 7) is 3.30. The fourth-order valence-electron chi connectivity index (χ4n) is 3.84. The van der Waals surface area contributed by atoms with Crippen LogP contribution >= 0.6 is 0 Å². The molecule has 0 unspecified atom stereocenters. The van der Waals surface area contributed by atoms with Crippen molar-refractivity contribution in [1.82, 2.24) is 4.98 Å². The topological polar surface area (TPSA) is 97.5 Å². The summed E-state index contributed by atoms with van der Waals surface area (Å²) in [5, 5.41) is 3.81. The first-order valence-corrected chi connectivity index (χ1v) is 10.4. The number of nitrogens with zero attached hydrogens (tertiary/aromatic N) is 2. The van der Waals surface area contributed by atoms with Crippen LogP contribution in [-0.2, 0) is 9.59 Å². The zero-order valence-corrected chi connectivity index (χ0v) is 17.5. The Bertz CT molecular complexity index is 1110. The van der Waals surface area contributed by atoms with Crippen molar-refractivity contribution in [3.63, 3.8) is 0 Å². The third-order valence-electron chi connectivity index (χ3n) is 5.67. The van der Waals surface area contributed by atoms with Gasteiger partial charge in [-0.3, -0.25) is 9.59 Å². The van der Waals surface area contributed by atoms with Gasteiger partial charge in [0.2, 0.25) is 5.91 Å². The van der Waals surface area contributed by atoms with Crippen molar-refractivity contribution in [2.45, 2.75) is 19.8 Å². The maximum atomic E-state index is 12.4. The van der Waals surface area contributed by atoms with E-state index in [9.17, 15) is 9.59 Å². The van der Waals surface area contributed by atoms with Crippen LogP contribution in [0.15, 0.2) is 54.6 Å². The molecule has 0 spiro atoms. The quantitative estimate of drug-likeness (QED) is 0.640. The van der Waals surface area contributed by atoms with Gasteiger partial charge in [-0.05, 0) is 49.6 Å². The van der Waals surface area contributed by atoms with E-state index in [1.54, 1.807) is 0 Å². The second kappa shape index (κ2) is 9.04. The number of fused-ring (bicyclic) bond motifs is 1. The van der Waals surface area contributed by atoms with Crippen LogP contribution in [0, 0.1) is 12.8 Å². The summed E-state index contributed by atoms with van der Waals surface area (Å²) in [6, 6.07) is 17.3. The molecule has 1 aromatic heterocycles. The van der Waals surface area contributed by atoms with Gasteiger partial charge in [-0.2, -0.15) is 0 Å². The molecule has 3 aromatic rings. The number of rotatable bonds is 6. The van der Waals surface area contributed by atoms with Gasteiger partial charge in [0, 0.05) is 30.1 Å². The van der Waals surface area contributed by atoms with E-state index < -0.39 is 0 Å². The zero-order valence-electron chi connectivity index (χ0n) is 17.5. The molecule has 0 bridgehead atoms. The number of pyridine rings is 1. The Morgan fingerprint density at radius 3 is 2.61 bits per heavy atom. The van der Waals surface area contributed by atoms with Crippen molar-refractivity contribution in [1.29, 1.82) is 0 Å². The number of aromatic nitrogens is 1. The van der Waals surface area contributed by atoms with Crippen molar-refractivity contribution in [3.8, 4) is 5.75 Å². The first-order chi connectivity index (χ1) is 15.0. The zero-order chi connectivity index (χ0) is 21.8. The smallest absolute Gasteiger partial charge is 0.262 e. The lowest BCUT2D eigenvalue weighted by atomic mass is 9.96. The Hall–Kier alpha value is -3.61. The maximum Gasteiger partial charge on any atom is 0.262 e. The van der Waals surface area contributed by atoms with E-state index in [4.69, 9.17) is 15.5 Å². The highest BCUT2D eigenvalue weighted by Crippen LogP contribution is 2.28. The Morgan fingerprint density at radius 1 is 1.10 bits per heavy atom. The molecule has 2 aromatic carbocycles. The lowest BCUT2D eigenvalue weighted by molar-refractivity contribution is -0.122. The number of piperidine rings is 1. The molecule has 3 N–H and O–H groups in total. The first-order valence-electron chi connectivity index (χ1n) is 10.4. The summed E-state index contributed by atoms with van der Waals surface area (Å²) in [6.07, 6.45) is 1.46. The van der Waals surface area contributed by atoms with E-state index in [1.165, 1.54) is 0 Å². The van der Waals surface area contributed by atoms with Gasteiger partial charge in [-0.15, -0.1) is 0 Å². The van der Waals surface area contributed by atoms with Crippen LogP contribution in [0.3, 0.4) is 0 Å². The number of nitrogens with one attached hydrogen (secondary N) is 1. The highest BCUT2D eigenvalue weighted by Gasteiger charge is 2.24. The van der Waals surface area contributed by atoms with E-state index in [0.29, 0.717) is 11.3 Å². The monoisotopic (exact) mass is 418 g/mol. The van der Waals surface area contributed by atoms with Gasteiger partial charge in [0.15, 0.2) is 6.61 Å². The molecule has 1 aliphatic rings. The van der Waals surface area contributed by atoms with Gasteiger partial charge in [0.05, 0.1) is 0 Å². The Morgan fingerprint density at radius 2 is 1.87 bits per heavy atom. The SMILES string of the molecule is Cc1ccccc1NC(=O)COc1cccc2ccc(N3CCC(C(N)=O)CC3)nc12. The van der Waals surface area contributed by atoms with E-state index in [1.807, 2.05) is 61.5 Å². The second-order valence-corrected chi connectivity index (χ2v) is 7.81. The molecule has 0 atom stereocenters. The standard InChI is InChI=1S/C24H26N4O3/c1-16-5-2-3-7-19(16)26-22(29)15-31-20-8-4-6-17-9-10-21(27-23(17)20)28-13-11-18(12-14-28)24(25)30/h2-10,18H,11-15H2,1H3,(H2,25,30)(H,26,29). The van der Waals surface area contributed by atoms with Crippen LogP contribution in [0.25, 0.3) is 10.9 Å². The van der Waals surface area contributed by atoms with E-state index in [-0.39, 0.29) is 24.3 Å². The van der Waals surface area contributed by atoms with Gasteiger partial charge in [0.25, 0.3) is 5.91 Å². The lowest BCUT2D eigenvalue weighted by Crippen LogP contribution is -2.38. The van der Waals surface area contributed by atoms with E-state index in [2.05, 4.69) is 10.2 Å². The summed E-state index contributed by atoms with van der Waals surface area (Å²) in [5.41, 5.74) is 7.91. The number of amides is 2. The maximum absolute atomic E-state index is 12.4. The number of carbonyl (C=O) groups excluding carboxylic acids is 2. The highest BCUT2D eigenvalue weighted by molar-refractivity contribution is 5.93. The lowest BCUT2D eigenvalue weighted by Gasteiger charge is -2.31. The van der Waals surface area contributed by atoms with Crippen LogP contribution in [0.5, 0.6) is 5.75 Å². The van der Waals surface area contributed by atoms with E-state index in [0.717, 1.165) is 48.4 Å². The molecule has 7 nitrogen and oxygen atoms in total. The Kier molecular flexibility index (Phi) is 6.02. The Balaban J connectivity index is 1.47. The molecular formula is C24H26N4O3.